The summed E-state index contributed by atoms with van der Waals surface area (Å²) < 4.78 is 0. The first-order valence-electron chi connectivity index (χ1n) is 9.45. The molecule has 2 amide bonds. The van der Waals surface area contributed by atoms with Gasteiger partial charge in [-0.3, -0.25) is 14.5 Å². The molecule has 27 heavy (non-hydrogen) atoms. The highest BCUT2D eigenvalue weighted by molar-refractivity contribution is 7.14. The summed E-state index contributed by atoms with van der Waals surface area (Å²) in [5.41, 5.74) is 8.45. The fourth-order valence-electron chi connectivity index (χ4n) is 3.73. The maximum atomic E-state index is 12.4. The summed E-state index contributed by atoms with van der Waals surface area (Å²) in [5.74, 6) is -0.294. The minimum atomic E-state index is -0.204. The molecule has 0 saturated carbocycles. The third kappa shape index (κ3) is 4.54. The van der Waals surface area contributed by atoms with Gasteiger partial charge in [0, 0.05) is 12.3 Å². The van der Waals surface area contributed by atoms with E-state index in [1.54, 1.807) is 11.8 Å². The normalized spacial score (nSPS) is 19.6. The van der Waals surface area contributed by atoms with E-state index in [0.29, 0.717) is 5.13 Å². The third-order valence-electron chi connectivity index (χ3n) is 5.11. The van der Waals surface area contributed by atoms with Crippen molar-refractivity contribution in [2.45, 2.75) is 39.7 Å². The van der Waals surface area contributed by atoms with Gasteiger partial charge in [-0.15, -0.1) is 11.3 Å². The number of quaternary nitrogens is 1. The molecular formula is C20H27N4O2S+. The fraction of sp³-hybridized carbons (Fsp3) is 0.450. The molecule has 3 N–H and O–H groups in total. The Balaban J connectivity index is 1.78. The molecule has 0 bridgehead atoms. The molecule has 0 spiro atoms. The maximum Gasteiger partial charge on any atom is 0.230 e. The van der Waals surface area contributed by atoms with Crippen molar-refractivity contribution < 1.29 is 14.5 Å². The number of hydrogen-bond acceptors (Lipinski definition) is 4. The number of aryl methyl sites for hydroxylation is 1. The second kappa shape index (κ2) is 8.63. The molecule has 1 aliphatic rings. The van der Waals surface area contributed by atoms with E-state index in [9.17, 15) is 9.59 Å². The average molecular weight is 388 g/mol. The molecule has 2 heterocycles. The Hall–Kier alpha value is -2.25. The molecule has 6 nitrogen and oxygen atoms in total. The molecule has 144 valence electrons. The van der Waals surface area contributed by atoms with Gasteiger partial charge in [0.15, 0.2) is 5.13 Å². The van der Waals surface area contributed by atoms with Crippen LogP contribution in [0.1, 0.15) is 37.9 Å². The second-order valence-electron chi connectivity index (χ2n) is 7.08. The lowest BCUT2D eigenvalue weighted by Gasteiger charge is -2.27. The highest BCUT2D eigenvalue weighted by Gasteiger charge is 2.28. The van der Waals surface area contributed by atoms with Crippen molar-refractivity contribution in [1.29, 1.82) is 0 Å². The van der Waals surface area contributed by atoms with E-state index in [2.05, 4.69) is 6.92 Å². The number of likely N-dealkylation sites (tertiary alicyclic amines) is 1. The van der Waals surface area contributed by atoms with Crippen LogP contribution in [0.5, 0.6) is 0 Å². The van der Waals surface area contributed by atoms with Crippen molar-refractivity contribution in [2.75, 3.05) is 18.0 Å². The summed E-state index contributed by atoms with van der Waals surface area (Å²) in [6, 6.07) is 7.94. The largest absolute Gasteiger partial charge is 0.369 e. The lowest BCUT2D eigenvalue weighted by Crippen LogP contribution is -3.12. The molecule has 2 atom stereocenters. The minimum absolute atomic E-state index is 0.0444. The number of nitrogens with one attached hydrogen (secondary N) is 1. The first kappa shape index (κ1) is 19.5. The predicted molar refractivity (Wildman–Crippen MR) is 107 cm³/mol. The molecule has 1 aromatic heterocycles. The number of benzene rings is 1. The van der Waals surface area contributed by atoms with E-state index in [1.165, 1.54) is 16.2 Å². The van der Waals surface area contributed by atoms with Crippen molar-refractivity contribution >= 4 is 34.0 Å². The van der Waals surface area contributed by atoms with E-state index in [-0.39, 0.29) is 17.7 Å². The van der Waals surface area contributed by atoms with Crippen LogP contribution in [0.3, 0.4) is 0 Å². The molecule has 1 fully saturated rings. The van der Waals surface area contributed by atoms with Gasteiger partial charge >= 0.3 is 0 Å². The number of nitrogens with zero attached hydrogens (tertiary/aromatic N) is 2. The minimum Gasteiger partial charge on any atom is -0.369 e. The number of nitrogens with two attached hydrogens (primary N) is 1. The highest BCUT2D eigenvalue weighted by atomic mass is 32.1. The number of amides is 2. The van der Waals surface area contributed by atoms with Crippen molar-refractivity contribution in [1.82, 2.24) is 4.98 Å². The quantitative estimate of drug-likeness (QED) is 0.791. The highest BCUT2D eigenvalue weighted by Crippen LogP contribution is 2.31. The van der Waals surface area contributed by atoms with Gasteiger partial charge < -0.3 is 10.6 Å². The Labute approximate surface area is 164 Å². The van der Waals surface area contributed by atoms with Gasteiger partial charge in [0.25, 0.3) is 0 Å². The zero-order valence-corrected chi connectivity index (χ0v) is 16.7. The van der Waals surface area contributed by atoms with Gasteiger partial charge in [-0.1, -0.05) is 25.1 Å². The Morgan fingerprint density at radius 2 is 2.15 bits per heavy atom. The number of thiazole rings is 1. The van der Waals surface area contributed by atoms with Gasteiger partial charge in [0.1, 0.15) is 12.2 Å². The number of anilines is 2. The average Bonchev–Trinajstić information content (AvgIpc) is 3.10. The van der Waals surface area contributed by atoms with Crippen molar-refractivity contribution in [3.05, 3.63) is 40.9 Å². The lowest BCUT2D eigenvalue weighted by atomic mass is 9.97. The summed E-state index contributed by atoms with van der Waals surface area (Å²) in [5, 5.41) is 2.71. The van der Waals surface area contributed by atoms with Gasteiger partial charge in [-0.25, -0.2) is 4.98 Å². The van der Waals surface area contributed by atoms with Crippen LogP contribution in [-0.4, -0.2) is 29.9 Å². The number of rotatable bonds is 6. The SMILES string of the molecule is CCc1ccccc1N(C(C)=O)c1nc(C[NH+]2CCC[C@H](C(N)=O)C2)cs1. The molecule has 3 rings (SSSR count). The number of primary amides is 1. The van der Waals surface area contributed by atoms with Gasteiger partial charge in [-0.05, 0) is 30.9 Å². The topological polar surface area (TPSA) is 80.7 Å². The summed E-state index contributed by atoms with van der Waals surface area (Å²) in [6.07, 6.45) is 2.74. The van der Waals surface area contributed by atoms with Crippen LogP contribution in [0.15, 0.2) is 29.6 Å². The molecule has 0 radical (unpaired) electrons. The summed E-state index contributed by atoms with van der Waals surface area (Å²) in [7, 11) is 0. The van der Waals surface area contributed by atoms with Crippen LogP contribution in [-0.2, 0) is 22.6 Å². The van der Waals surface area contributed by atoms with Crippen molar-refractivity contribution in [2.24, 2.45) is 11.7 Å². The monoisotopic (exact) mass is 387 g/mol. The molecule has 1 saturated heterocycles. The number of piperidine rings is 1. The van der Waals surface area contributed by atoms with Gasteiger partial charge in [-0.2, -0.15) is 0 Å². The van der Waals surface area contributed by atoms with Crippen LogP contribution in [0, 0.1) is 5.92 Å². The predicted octanol–water partition coefficient (Wildman–Crippen LogP) is 1.67. The molecular weight excluding hydrogens is 360 g/mol. The number of para-hydroxylation sites is 1. The van der Waals surface area contributed by atoms with Gasteiger partial charge in [0.2, 0.25) is 11.8 Å². The molecule has 1 aromatic carbocycles. The summed E-state index contributed by atoms with van der Waals surface area (Å²) in [6.45, 7) is 6.19. The molecule has 1 unspecified atom stereocenters. The van der Waals surface area contributed by atoms with Crippen molar-refractivity contribution in [3.8, 4) is 0 Å². The van der Waals surface area contributed by atoms with E-state index < -0.39 is 0 Å². The Morgan fingerprint density at radius 1 is 1.37 bits per heavy atom. The standard InChI is InChI=1S/C20H26N4O2S/c1-3-15-7-4-5-9-18(15)24(14(2)25)20-22-17(13-27-20)12-23-10-6-8-16(11-23)19(21)26/h4-5,7,9,13,16H,3,6,8,10-12H2,1-2H3,(H2,21,26)/p+1/t16-/m0/s1. The first-order valence-corrected chi connectivity index (χ1v) is 10.3. The van der Waals surface area contributed by atoms with Crippen LogP contribution < -0.4 is 15.5 Å². The van der Waals surface area contributed by atoms with Crippen LogP contribution in [0.25, 0.3) is 0 Å². The molecule has 1 aliphatic heterocycles. The number of aromatic nitrogens is 1. The van der Waals surface area contributed by atoms with Crippen LogP contribution in [0.4, 0.5) is 10.8 Å². The Bertz CT molecular complexity index is 820. The van der Waals surface area contributed by atoms with E-state index in [1.807, 2.05) is 29.6 Å². The molecule has 2 aromatic rings. The maximum absolute atomic E-state index is 12.4. The van der Waals surface area contributed by atoms with Crippen LogP contribution in [0.2, 0.25) is 0 Å². The lowest BCUT2D eigenvalue weighted by molar-refractivity contribution is -0.921. The Morgan fingerprint density at radius 3 is 2.85 bits per heavy atom. The number of carbonyl (C=O) groups is 2. The summed E-state index contributed by atoms with van der Waals surface area (Å²) in [4.78, 5) is 31.6. The van der Waals surface area contributed by atoms with E-state index in [0.717, 1.165) is 55.8 Å². The summed E-state index contributed by atoms with van der Waals surface area (Å²) >= 11 is 1.48. The van der Waals surface area contributed by atoms with Gasteiger partial charge in [0.05, 0.1) is 24.7 Å². The first-order chi connectivity index (χ1) is 13.0. The number of hydrogen-bond donors (Lipinski definition) is 2. The third-order valence-corrected chi connectivity index (χ3v) is 5.99. The van der Waals surface area contributed by atoms with E-state index >= 15 is 0 Å². The van der Waals surface area contributed by atoms with Crippen LogP contribution >= 0.6 is 11.3 Å². The van der Waals surface area contributed by atoms with Crippen molar-refractivity contribution in [3.63, 3.8) is 0 Å². The second-order valence-corrected chi connectivity index (χ2v) is 7.92. The number of carbonyl (C=O) groups excluding carboxylic acids is 2. The molecule has 0 aliphatic carbocycles. The fourth-order valence-corrected chi connectivity index (χ4v) is 4.61. The van der Waals surface area contributed by atoms with E-state index in [4.69, 9.17) is 10.7 Å². The smallest absolute Gasteiger partial charge is 0.230 e. The Kier molecular flexibility index (Phi) is 6.23. The molecule has 7 heteroatoms. The zero-order chi connectivity index (χ0) is 19.4. The zero-order valence-electron chi connectivity index (χ0n) is 15.9.